The van der Waals surface area contributed by atoms with E-state index in [0.717, 1.165) is 18.4 Å². The van der Waals surface area contributed by atoms with Gasteiger partial charge in [-0.05, 0) is 25.0 Å². The van der Waals surface area contributed by atoms with E-state index in [1.54, 1.807) is 30.2 Å². The van der Waals surface area contributed by atoms with Gasteiger partial charge in [-0.15, -0.1) is 11.3 Å². The minimum absolute atomic E-state index is 0.0349. The summed E-state index contributed by atoms with van der Waals surface area (Å²) in [4.78, 5) is 21.7. The molecule has 164 valence electrons. The second kappa shape index (κ2) is 8.97. The molecule has 1 fully saturated rings. The molecule has 0 unspecified atom stereocenters. The number of amides is 1. The Labute approximate surface area is 186 Å². The van der Waals surface area contributed by atoms with E-state index in [-0.39, 0.29) is 24.7 Å². The first-order valence-electron chi connectivity index (χ1n) is 10.2. The van der Waals surface area contributed by atoms with Crippen LogP contribution in [-0.2, 0) is 4.74 Å². The van der Waals surface area contributed by atoms with E-state index < -0.39 is 6.67 Å². The second-order valence-corrected chi connectivity index (χ2v) is 8.23. The van der Waals surface area contributed by atoms with Crippen LogP contribution in [0.15, 0.2) is 48.4 Å². The van der Waals surface area contributed by atoms with Crippen LogP contribution in [0.1, 0.15) is 29.4 Å². The molecule has 11 heteroatoms. The maximum absolute atomic E-state index is 12.9. The number of carbonyl (C=O) groups is 1. The number of thiazole rings is 1. The monoisotopic (exact) mass is 453 g/mol. The molecule has 1 aliphatic rings. The molecule has 4 aromatic heterocycles. The molecule has 1 saturated carbocycles. The van der Waals surface area contributed by atoms with Crippen molar-refractivity contribution in [3.8, 4) is 22.0 Å². The number of pyridine rings is 1. The van der Waals surface area contributed by atoms with Gasteiger partial charge in [0.25, 0.3) is 5.91 Å². The summed E-state index contributed by atoms with van der Waals surface area (Å²) >= 11 is 1.37. The molecule has 4 heterocycles. The Morgan fingerprint density at radius 1 is 1.38 bits per heavy atom. The summed E-state index contributed by atoms with van der Waals surface area (Å²) in [6, 6.07) is 5.66. The number of hydrogen-bond acceptors (Lipinski definition) is 7. The van der Waals surface area contributed by atoms with E-state index in [9.17, 15) is 9.18 Å². The molecule has 0 spiro atoms. The van der Waals surface area contributed by atoms with Gasteiger partial charge in [-0.2, -0.15) is 10.2 Å². The van der Waals surface area contributed by atoms with Gasteiger partial charge in [0.05, 0.1) is 36.3 Å². The SMILES string of the molecule is O=C(Nc1cn([C@H]2C[C@H](OCCF)C2)nc1-c1ccccn1)c1csc(-c2cn[nH]c2)n1. The zero-order valence-corrected chi connectivity index (χ0v) is 17.8. The van der Waals surface area contributed by atoms with Crippen molar-refractivity contribution < 1.29 is 13.9 Å². The molecule has 2 N–H and O–H groups in total. The summed E-state index contributed by atoms with van der Waals surface area (Å²) in [5.41, 5.74) is 2.93. The van der Waals surface area contributed by atoms with Crippen LogP contribution in [0, 0.1) is 0 Å². The minimum Gasteiger partial charge on any atom is -0.375 e. The number of anilines is 1. The minimum atomic E-state index is -0.484. The molecule has 4 aromatic rings. The lowest BCUT2D eigenvalue weighted by Crippen LogP contribution is -2.34. The molecular formula is C21H20FN7O2S. The van der Waals surface area contributed by atoms with Gasteiger partial charge in [-0.25, -0.2) is 9.37 Å². The quantitative estimate of drug-likeness (QED) is 0.421. The fraction of sp³-hybridized carbons (Fsp3) is 0.286. The fourth-order valence-electron chi connectivity index (χ4n) is 3.53. The van der Waals surface area contributed by atoms with E-state index in [1.165, 1.54) is 11.3 Å². The first-order chi connectivity index (χ1) is 15.7. The summed E-state index contributed by atoms with van der Waals surface area (Å²) in [6.45, 7) is -0.368. The predicted molar refractivity (Wildman–Crippen MR) is 117 cm³/mol. The van der Waals surface area contributed by atoms with E-state index in [4.69, 9.17) is 4.74 Å². The van der Waals surface area contributed by atoms with Gasteiger partial charge < -0.3 is 10.1 Å². The van der Waals surface area contributed by atoms with Crippen molar-refractivity contribution in [2.75, 3.05) is 18.6 Å². The molecule has 0 radical (unpaired) electrons. The Kier molecular flexibility index (Phi) is 5.73. The van der Waals surface area contributed by atoms with E-state index in [1.807, 2.05) is 22.9 Å². The largest absolute Gasteiger partial charge is 0.375 e. The highest BCUT2D eigenvalue weighted by atomic mass is 32.1. The summed E-state index contributed by atoms with van der Waals surface area (Å²) in [7, 11) is 0. The number of nitrogens with one attached hydrogen (secondary N) is 2. The number of ether oxygens (including phenoxy) is 1. The molecule has 0 aliphatic heterocycles. The van der Waals surface area contributed by atoms with Crippen LogP contribution in [0.2, 0.25) is 0 Å². The number of carbonyl (C=O) groups excluding carboxylic acids is 1. The molecule has 1 amide bonds. The van der Waals surface area contributed by atoms with Gasteiger partial charge in [0.2, 0.25) is 0 Å². The topological polar surface area (TPSA) is 111 Å². The Morgan fingerprint density at radius 3 is 3.03 bits per heavy atom. The standard InChI is InChI=1S/C21H20FN7O2S/c22-4-6-31-15-7-14(8-15)29-11-17(19(28-29)16-3-1-2-5-23-16)26-20(30)18-12-32-21(27-18)13-9-24-25-10-13/h1-3,5,9-12,14-15H,4,6-8H2,(H,24,25)(H,26,30)/t14-,15-. The van der Waals surface area contributed by atoms with Crippen LogP contribution in [0.3, 0.4) is 0 Å². The predicted octanol–water partition coefficient (Wildman–Crippen LogP) is 3.73. The highest BCUT2D eigenvalue weighted by molar-refractivity contribution is 7.13. The third-order valence-corrected chi connectivity index (χ3v) is 6.14. The number of nitrogens with zero attached hydrogens (tertiary/aromatic N) is 5. The first kappa shape index (κ1) is 20.5. The lowest BCUT2D eigenvalue weighted by atomic mass is 9.89. The first-order valence-corrected chi connectivity index (χ1v) is 11.0. The van der Waals surface area contributed by atoms with Gasteiger partial charge in [-0.1, -0.05) is 6.07 Å². The van der Waals surface area contributed by atoms with Crippen LogP contribution in [0.25, 0.3) is 22.0 Å². The number of hydrogen-bond donors (Lipinski definition) is 2. The van der Waals surface area contributed by atoms with E-state index in [0.29, 0.717) is 27.8 Å². The van der Waals surface area contributed by atoms with Gasteiger partial charge in [0.15, 0.2) is 0 Å². The van der Waals surface area contributed by atoms with Crippen molar-refractivity contribution in [3.63, 3.8) is 0 Å². The van der Waals surface area contributed by atoms with Crippen molar-refractivity contribution in [1.29, 1.82) is 0 Å². The van der Waals surface area contributed by atoms with Crippen LogP contribution >= 0.6 is 11.3 Å². The highest BCUT2D eigenvalue weighted by Gasteiger charge is 2.33. The van der Waals surface area contributed by atoms with Crippen LogP contribution < -0.4 is 5.32 Å². The van der Waals surface area contributed by atoms with Crippen molar-refractivity contribution in [2.45, 2.75) is 25.0 Å². The molecule has 5 rings (SSSR count). The Morgan fingerprint density at radius 2 is 2.28 bits per heavy atom. The number of alkyl halides is 1. The third-order valence-electron chi connectivity index (χ3n) is 5.24. The second-order valence-electron chi connectivity index (χ2n) is 7.37. The molecule has 1 aliphatic carbocycles. The van der Waals surface area contributed by atoms with Crippen LogP contribution in [0.5, 0.6) is 0 Å². The number of rotatable bonds is 8. The number of aromatic nitrogens is 6. The normalized spacial score (nSPS) is 17.8. The van der Waals surface area contributed by atoms with Crippen LogP contribution in [-0.4, -0.2) is 55.2 Å². The zero-order chi connectivity index (χ0) is 21.9. The molecule has 0 bridgehead atoms. The fourth-order valence-corrected chi connectivity index (χ4v) is 4.31. The van der Waals surface area contributed by atoms with Gasteiger partial charge in [-0.3, -0.25) is 19.6 Å². The van der Waals surface area contributed by atoms with Gasteiger partial charge >= 0.3 is 0 Å². The summed E-state index contributed by atoms with van der Waals surface area (Å²) in [6.07, 6.45) is 8.41. The van der Waals surface area contributed by atoms with Crippen molar-refractivity contribution in [1.82, 2.24) is 29.9 Å². The lowest BCUT2D eigenvalue weighted by Gasteiger charge is -2.34. The third kappa shape index (κ3) is 4.16. The Balaban J connectivity index is 1.36. The smallest absolute Gasteiger partial charge is 0.275 e. The summed E-state index contributed by atoms with van der Waals surface area (Å²) < 4.78 is 19.6. The number of aromatic amines is 1. The molecule has 32 heavy (non-hydrogen) atoms. The lowest BCUT2D eigenvalue weighted by molar-refractivity contribution is -0.0329. The maximum Gasteiger partial charge on any atom is 0.275 e. The van der Waals surface area contributed by atoms with Gasteiger partial charge in [0, 0.05) is 29.5 Å². The molecule has 9 nitrogen and oxygen atoms in total. The van der Waals surface area contributed by atoms with E-state index >= 15 is 0 Å². The molecule has 0 aromatic carbocycles. The molecular weight excluding hydrogens is 433 g/mol. The van der Waals surface area contributed by atoms with Crippen molar-refractivity contribution in [3.05, 3.63) is 54.1 Å². The summed E-state index contributed by atoms with van der Waals surface area (Å²) in [5.74, 6) is -0.328. The average molecular weight is 454 g/mol. The van der Waals surface area contributed by atoms with E-state index in [2.05, 4.69) is 30.6 Å². The highest BCUT2D eigenvalue weighted by Crippen LogP contribution is 2.37. The molecule has 0 atom stereocenters. The number of halogens is 1. The number of H-pyrrole nitrogens is 1. The zero-order valence-electron chi connectivity index (χ0n) is 16.9. The Hall–Kier alpha value is -3.44. The van der Waals surface area contributed by atoms with Crippen LogP contribution in [0.4, 0.5) is 10.1 Å². The van der Waals surface area contributed by atoms with Crippen molar-refractivity contribution >= 4 is 22.9 Å². The average Bonchev–Trinajstić information content (AvgIpc) is 3.54. The van der Waals surface area contributed by atoms with Crippen molar-refractivity contribution in [2.24, 2.45) is 0 Å². The van der Waals surface area contributed by atoms with Gasteiger partial charge in [0.1, 0.15) is 23.1 Å². The Bertz CT molecular complexity index is 1190. The summed E-state index contributed by atoms with van der Waals surface area (Å²) in [5, 5.41) is 16.7. The maximum atomic E-state index is 12.9. The molecule has 0 saturated heterocycles.